The lowest BCUT2D eigenvalue weighted by Crippen LogP contribution is -2.47. The van der Waals surface area contributed by atoms with E-state index in [9.17, 15) is 4.79 Å². The zero-order chi connectivity index (χ0) is 15.8. The fraction of sp³-hybridized carbons (Fsp3) is 0.500. The standard InChI is InChI=1S/C16H26N4O/c1-5-11-20(16(21)19-15(17)18-4)14-12(6-2)9-8-10-13(14)7-3/h8-10H,5-7,11H2,1-4H3,(H3,17,18,19,21). The second kappa shape index (κ2) is 8.29. The monoisotopic (exact) mass is 290 g/mol. The summed E-state index contributed by atoms with van der Waals surface area (Å²) < 4.78 is 0. The molecule has 0 fully saturated rings. The molecule has 2 amide bonds. The van der Waals surface area contributed by atoms with E-state index in [0.717, 1.165) is 24.9 Å². The third-order valence-corrected chi connectivity index (χ3v) is 3.40. The molecule has 0 aliphatic carbocycles. The van der Waals surface area contributed by atoms with Gasteiger partial charge >= 0.3 is 6.03 Å². The SMILES string of the molecule is CCCN(C(=O)NC(N)=NC)c1c(CC)cccc1CC. The lowest BCUT2D eigenvalue weighted by atomic mass is 10.0. The van der Waals surface area contributed by atoms with Crippen molar-refractivity contribution < 1.29 is 4.79 Å². The number of amides is 2. The maximum atomic E-state index is 12.5. The Bertz CT molecular complexity index is 489. The Hall–Kier alpha value is -2.04. The highest BCUT2D eigenvalue weighted by atomic mass is 16.2. The summed E-state index contributed by atoms with van der Waals surface area (Å²) in [4.78, 5) is 18.1. The van der Waals surface area contributed by atoms with E-state index in [2.05, 4.69) is 43.2 Å². The zero-order valence-electron chi connectivity index (χ0n) is 13.4. The summed E-state index contributed by atoms with van der Waals surface area (Å²) in [6.07, 6.45) is 2.64. The first-order valence-corrected chi connectivity index (χ1v) is 7.50. The van der Waals surface area contributed by atoms with Crippen LogP contribution in [-0.4, -0.2) is 25.6 Å². The Kier molecular flexibility index (Phi) is 6.72. The van der Waals surface area contributed by atoms with Gasteiger partial charge in [-0.1, -0.05) is 39.0 Å². The number of anilines is 1. The molecule has 0 aliphatic heterocycles. The zero-order valence-corrected chi connectivity index (χ0v) is 13.4. The van der Waals surface area contributed by atoms with Gasteiger partial charge in [0.2, 0.25) is 0 Å². The maximum Gasteiger partial charge on any atom is 0.328 e. The van der Waals surface area contributed by atoms with Crippen molar-refractivity contribution in [3.8, 4) is 0 Å². The van der Waals surface area contributed by atoms with E-state index < -0.39 is 0 Å². The fourth-order valence-electron chi connectivity index (χ4n) is 2.33. The number of rotatable bonds is 5. The van der Waals surface area contributed by atoms with Crippen molar-refractivity contribution in [2.24, 2.45) is 10.7 Å². The van der Waals surface area contributed by atoms with Crippen molar-refractivity contribution in [2.75, 3.05) is 18.5 Å². The van der Waals surface area contributed by atoms with Crippen LogP contribution in [0.15, 0.2) is 23.2 Å². The Balaban J connectivity index is 3.24. The molecule has 0 bridgehead atoms. The van der Waals surface area contributed by atoms with Gasteiger partial charge in [-0.15, -0.1) is 0 Å². The lowest BCUT2D eigenvalue weighted by Gasteiger charge is -2.27. The first-order chi connectivity index (χ1) is 10.1. The molecular weight excluding hydrogens is 264 g/mol. The highest BCUT2D eigenvalue weighted by molar-refractivity contribution is 6.04. The van der Waals surface area contributed by atoms with E-state index in [1.807, 2.05) is 6.07 Å². The topological polar surface area (TPSA) is 70.7 Å². The van der Waals surface area contributed by atoms with Crippen LogP contribution in [0.4, 0.5) is 10.5 Å². The molecule has 0 aliphatic rings. The summed E-state index contributed by atoms with van der Waals surface area (Å²) in [5.74, 6) is 0.133. The molecule has 0 saturated heterocycles. The molecule has 21 heavy (non-hydrogen) atoms. The third kappa shape index (κ3) is 4.21. The summed E-state index contributed by atoms with van der Waals surface area (Å²) in [5, 5.41) is 2.63. The molecular formula is C16H26N4O. The predicted octanol–water partition coefficient (Wildman–Crippen LogP) is 2.68. The number of carbonyl (C=O) groups is 1. The second-order valence-corrected chi connectivity index (χ2v) is 4.82. The molecule has 0 saturated carbocycles. The van der Waals surface area contributed by atoms with Gasteiger partial charge in [-0.05, 0) is 30.4 Å². The summed E-state index contributed by atoms with van der Waals surface area (Å²) >= 11 is 0. The minimum absolute atomic E-state index is 0.133. The molecule has 5 nitrogen and oxygen atoms in total. The number of hydrogen-bond acceptors (Lipinski definition) is 2. The third-order valence-electron chi connectivity index (χ3n) is 3.40. The number of aliphatic imine (C=N–C) groups is 1. The van der Waals surface area contributed by atoms with Crippen LogP contribution in [0.1, 0.15) is 38.3 Å². The van der Waals surface area contributed by atoms with Gasteiger partial charge in [0.1, 0.15) is 0 Å². The number of para-hydroxylation sites is 1. The quantitative estimate of drug-likeness (QED) is 0.646. The van der Waals surface area contributed by atoms with Crippen molar-refractivity contribution in [2.45, 2.75) is 40.0 Å². The Morgan fingerprint density at radius 2 is 1.81 bits per heavy atom. The molecule has 3 N–H and O–H groups in total. The van der Waals surface area contributed by atoms with E-state index in [4.69, 9.17) is 5.73 Å². The number of hydrogen-bond donors (Lipinski definition) is 2. The molecule has 5 heteroatoms. The summed E-state index contributed by atoms with van der Waals surface area (Å²) in [6.45, 7) is 6.90. The number of nitrogens with two attached hydrogens (primary N) is 1. The van der Waals surface area contributed by atoms with Crippen LogP contribution in [0.3, 0.4) is 0 Å². The molecule has 116 valence electrons. The van der Waals surface area contributed by atoms with Crippen LogP contribution in [0.5, 0.6) is 0 Å². The van der Waals surface area contributed by atoms with Crippen molar-refractivity contribution in [3.05, 3.63) is 29.3 Å². The average Bonchev–Trinajstić information content (AvgIpc) is 2.51. The van der Waals surface area contributed by atoms with Gasteiger partial charge in [0.25, 0.3) is 0 Å². The minimum atomic E-state index is -0.226. The number of nitrogens with one attached hydrogen (secondary N) is 1. The number of carbonyl (C=O) groups excluding carboxylic acids is 1. The number of aryl methyl sites for hydroxylation is 2. The Morgan fingerprint density at radius 1 is 1.24 bits per heavy atom. The van der Waals surface area contributed by atoms with Gasteiger partial charge < -0.3 is 5.73 Å². The summed E-state index contributed by atoms with van der Waals surface area (Å²) in [6, 6.07) is 5.96. The first kappa shape index (κ1) is 17.0. The maximum absolute atomic E-state index is 12.5. The lowest BCUT2D eigenvalue weighted by molar-refractivity contribution is 0.250. The van der Waals surface area contributed by atoms with Crippen molar-refractivity contribution >= 4 is 17.7 Å². The molecule has 0 unspecified atom stereocenters. The van der Waals surface area contributed by atoms with Crippen molar-refractivity contribution in [1.29, 1.82) is 0 Å². The number of guanidine groups is 1. The highest BCUT2D eigenvalue weighted by Gasteiger charge is 2.20. The smallest absolute Gasteiger partial charge is 0.328 e. The number of urea groups is 1. The normalized spacial score (nSPS) is 11.3. The van der Waals surface area contributed by atoms with Crippen LogP contribution < -0.4 is 16.0 Å². The molecule has 0 aromatic heterocycles. The van der Waals surface area contributed by atoms with E-state index >= 15 is 0 Å². The minimum Gasteiger partial charge on any atom is -0.370 e. The Morgan fingerprint density at radius 3 is 2.24 bits per heavy atom. The molecule has 1 rings (SSSR count). The second-order valence-electron chi connectivity index (χ2n) is 4.82. The molecule has 0 radical (unpaired) electrons. The molecule has 0 spiro atoms. The number of benzene rings is 1. The van der Waals surface area contributed by atoms with E-state index in [0.29, 0.717) is 6.54 Å². The van der Waals surface area contributed by atoms with Gasteiger partial charge in [0, 0.05) is 13.6 Å². The predicted molar refractivity (Wildman–Crippen MR) is 88.9 cm³/mol. The largest absolute Gasteiger partial charge is 0.370 e. The van der Waals surface area contributed by atoms with E-state index in [1.54, 1.807) is 11.9 Å². The summed E-state index contributed by atoms with van der Waals surface area (Å²) in [5.41, 5.74) is 8.97. The van der Waals surface area contributed by atoms with Crippen molar-refractivity contribution in [1.82, 2.24) is 5.32 Å². The van der Waals surface area contributed by atoms with Crippen LogP contribution in [0.2, 0.25) is 0 Å². The highest BCUT2D eigenvalue weighted by Crippen LogP contribution is 2.27. The van der Waals surface area contributed by atoms with E-state index in [-0.39, 0.29) is 12.0 Å². The van der Waals surface area contributed by atoms with Crippen LogP contribution in [0, 0.1) is 0 Å². The molecule has 0 heterocycles. The molecule has 1 aromatic rings. The fourth-order valence-corrected chi connectivity index (χ4v) is 2.33. The molecule has 0 atom stereocenters. The van der Waals surface area contributed by atoms with Crippen molar-refractivity contribution in [3.63, 3.8) is 0 Å². The van der Waals surface area contributed by atoms with Gasteiger partial charge in [0.05, 0.1) is 5.69 Å². The van der Waals surface area contributed by atoms with Crippen LogP contribution in [-0.2, 0) is 12.8 Å². The van der Waals surface area contributed by atoms with Gasteiger partial charge in [-0.25, -0.2) is 4.79 Å². The van der Waals surface area contributed by atoms with E-state index in [1.165, 1.54) is 11.1 Å². The first-order valence-electron chi connectivity index (χ1n) is 7.50. The summed E-state index contributed by atoms with van der Waals surface area (Å²) in [7, 11) is 1.55. The van der Waals surface area contributed by atoms with Crippen LogP contribution in [0.25, 0.3) is 0 Å². The van der Waals surface area contributed by atoms with Gasteiger partial charge in [-0.2, -0.15) is 0 Å². The molecule has 1 aromatic carbocycles. The Labute approximate surface area is 127 Å². The van der Waals surface area contributed by atoms with Gasteiger partial charge in [-0.3, -0.25) is 15.2 Å². The van der Waals surface area contributed by atoms with Gasteiger partial charge in [0.15, 0.2) is 5.96 Å². The average molecular weight is 290 g/mol. The van der Waals surface area contributed by atoms with Crippen LogP contribution >= 0.6 is 0 Å². The number of nitrogens with zero attached hydrogens (tertiary/aromatic N) is 2.